The highest BCUT2D eigenvalue weighted by atomic mass is 35.5. The molecule has 2 heterocycles. The van der Waals surface area contributed by atoms with Crippen molar-refractivity contribution in [3.05, 3.63) is 39.0 Å². The van der Waals surface area contributed by atoms with Gasteiger partial charge in [0.15, 0.2) is 5.82 Å². The topological polar surface area (TPSA) is 107 Å². The minimum Gasteiger partial charge on any atom is -0.481 e. The number of alkyl carbamates (subject to hydrolysis) is 1. The third-order valence-corrected chi connectivity index (χ3v) is 5.12. The SMILES string of the molecule is CCNC(=O)OCC(C1CC1)n1cc(Cl)nc(Nc2cc(C)c(OC)nc2C)c1=O. The predicted octanol–water partition coefficient (Wildman–Crippen LogP) is 3.36. The van der Waals surface area contributed by atoms with Gasteiger partial charge in [0.25, 0.3) is 5.56 Å². The lowest BCUT2D eigenvalue weighted by Crippen LogP contribution is -2.33. The Morgan fingerprint density at radius 1 is 1.37 bits per heavy atom. The number of methoxy groups -OCH3 is 1. The molecule has 0 saturated heterocycles. The van der Waals surface area contributed by atoms with E-state index in [1.807, 2.05) is 19.9 Å². The van der Waals surface area contributed by atoms with E-state index in [9.17, 15) is 9.59 Å². The molecule has 0 aromatic carbocycles. The van der Waals surface area contributed by atoms with Gasteiger partial charge in [0.1, 0.15) is 11.8 Å². The number of carbonyl (C=O) groups excluding carboxylic acids is 1. The molecule has 162 valence electrons. The second-order valence-electron chi connectivity index (χ2n) is 7.23. The molecule has 3 rings (SSSR count). The summed E-state index contributed by atoms with van der Waals surface area (Å²) in [5.41, 5.74) is 1.76. The predicted molar refractivity (Wildman–Crippen MR) is 114 cm³/mol. The lowest BCUT2D eigenvalue weighted by molar-refractivity contribution is 0.123. The average Bonchev–Trinajstić information content (AvgIpc) is 3.53. The van der Waals surface area contributed by atoms with Gasteiger partial charge in [-0.15, -0.1) is 0 Å². The van der Waals surface area contributed by atoms with Crippen molar-refractivity contribution >= 4 is 29.2 Å². The zero-order chi connectivity index (χ0) is 21.8. The number of hydrogen-bond acceptors (Lipinski definition) is 7. The highest BCUT2D eigenvalue weighted by Crippen LogP contribution is 2.39. The Bertz CT molecular complexity index is 990. The Morgan fingerprint density at radius 3 is 2.73 bits per heavy atom. The largest absolute Gasteiger partial charge is 0.481 e. The van der Waals surface area contributed by atoms with Crippen molar-refractivity contribution in [2.75, 3.05) is 25.6 Å². The number of aromatic nitrogens is 3. The average molecular weight is 436 g/mol. The molecule has 1 fully saturated rings. The molecule has 0 bridgehead atoms. The molecule has 1 saturated carbocycles. The molecule has 1 aliphatic rings. The Labute approximate surface area is 179 Å². The molecule has 1 aliphatic carbocycles. The van der Waals surface area contributed by atoms with Crippen LogP contribution in [0.15, 0.2) is 17.1 Å². The molecular formula is C20H26ClN5O4. The molecule has 9 nitrogen and oxygen atoms in total. The van der Waals surface area contributed by atoms with Gasteiger partial charge in [0, 0.05) is 18.3 Å². The molecule has 10 heteroatoms. The zero-order valence-electron chi connectivity index (χ0n) is 17.5. The number of pyridine rings is 1. The summed E-state index contributed by atoms with van der Waals surface area (Å²) in [4.78, 5) is 33.4. The van der Waals surface area contributed by atoms with Crippen molar-refractivity contribution in [1.82, 2.24) is 19.9 Å². The van der Waals surface area contributed by atoms with Gasteiger partial charge in [0.05, 0.1) is 24.5 Å². The number of ether oxygens (including phenoxy) is 2. The van der Waals surface area contributed by atoms with Crippen LogP contribution in [-0.4, -0.2) is 40.9 Å². The molecule has 2 N–H and O–H groups in total. The van der Waals surface area contributed by atoms with Crippen molar-refractivity contribution in [2.45, 2.75) is 39.7 Å². The molecule has 1 amide bonds. The summed E-state index contributed by atoms with van der Waals surface area (Å²) >= 11 is 6.22. The Balaban J connectivity index is 1.90. The van der Waals surface area contributed by atoms with E-state index in [-0.39, 0.29) is 35.1 Å². The fraction of sp³-hybridized carbons (Fsp3) is 0.500. The fourth-order valence-electron chi connectivity index (χ4n) is 3.23. The number of nitrogens with zero attached hydrogens (tertiary/aromatic N) is 3. The van der Waals surface area contributed by atoms with Crippen LogP contribution in [0.25, 0.3) is 0 Å². The van der Waals surface area contributed by atoms with Gasteiger partial charge in [-0.3, -0.25) is 4.79 Å². The van der Waals surface area contributed by atoms with Crippen molar-refractivity contribution in [1.29, 1.82) is 0 Å². The molecule has 0 radical (unpaired) electrons. The maximum absolute atomic E-state index is 13.2. The van der Waals surface area contributed by atoms with Crippen LogP contribution in [0, 0.1) is 19.8 Å². The quantitative estimate of drug-likeness (QED) is 0.654. The van der Waals surface area contributed by atoms with Crippen LogP contribution in [0.4, 0.5) is 16.3 Å². The summed E-state index contributed by atoms with van der Waals surface area (Å²) in [5, 5.41) is 5.80. The normalized spacial score (nSPS) is 14.2. The first kappa shape index (κ1) is 21.9. The van der Waals surface area contributed by atoms with Crippen molar-refractivity contribution < 1.29 is 14.3 Å². The fourth-order valence-corrected chi connectivity index (χ4v) is 3.42. The van der Waals surface area contributed by atoms with E-state index in [0.717, 1.165) is 18.4 Å². The van der Waals surface area contributed by atoms with E-state index in [1.54, 1.807) is 14.0 Å². The van der Waals surface area contributed by atoms with Crippen LogP contribution in [0.1, 0.15) is 37.1 Å². The summed E-state index contributed by atoms with van der Waals surface area (Å²) in [7, 11) is 1.56. The third-order valence-electron chi connectivity index (χ3n) is 4.93. The van der Waals surface area contributed by atoms with Gasteiger partial charge in [-0.25, -0.2) is 14.8 Å². The Kier molecular flexibility index (Phi) is 6.81. The molecule has 2 aromatic rings. The summed E-state index contributed by atoms with van der Waals surface area (Å²) in [6.07, 6.45) is 2.90. The van der Waals surface area contributed by atoms with Crippen LogP contribution in [0.2, 0.25) is 5.15 Å². The third kappa shape index (κ3) is 5.02. The first-order valence-corrected chi connectivity index (χ1v) is 10.2. The standard InChI is InChI=1S/C20H26ClN5O4/c1-5-22-20(28)30-10-15(13-6-7-13)26-9-16(21)25-17(19(26)27)24-14-8-11(2)18(29-4)23-12(14)3/h8-9,13,15H,5-7,10H2,1-4H3,(H,22,28)(H,24,25). The summed E-state index contributed by atoms with van der Waals surface area (Å²) in [5.74, 6) is 0.849. The van der Waals surface area contributed by atoms with E-state index in [0.29, 0.717) is 23.8 Å². The Morgan fingerprint density at radius 2 is 2.10 bits per heavy atom. The minimum atomic E-state index is -0.509. The van der Waals surface area contributed by atoms with Gasteiger partial charge in [0.2, 0.25) is 5.88 Å². The number of rotatable bonds is 8. The molecular weight excluding hydrogens is 410 g/mol. The summed E-state index contributed by atoms with van der Waals surface area (Å²) in [6, 6.07) is 1.53. The number of nitrogens with one attached hydrogen (secondary N) is 2. The molecule has 2 aromatic heterocycles. The zero-order valence-corrected chi connectivity index (χ0v) is 18.2. The molecule has 0 spiro atoms. The lowest BCUT2D eigenvalue weighted by Gasteiger charge is -2.21. The maximum Gasteiger partial charge on any atom is 0.407 e. The highest BCUT2D eigenvalue weighted by Gasteiger charge is 2.34. The number of anilines is 2. The second kappa shape index (κ2) is 9.34. The monoisotopic (exact) mass is 435 g/mol. The van der Waals surface area contributed by atoms with E-state index >= 15 is 0 Å². The maximum atomic E-state index is 13.2. The summed E-state index contributed by atoms with van der Waals surface area (Å²) in [6.45, 7) is 6.03. The first-order chi connectivity index (χ1) is 14.3. The van der Waals surface area contributed by atoms with Crippen LogP contribution in [-0.2, 0) is 4.74 Å². The second-order valence-corrected chi connectivity index (χ2v) is 7.62. The van der Waals surface area contributed by atoms with E-state index in [1.165, 1.54) is 10.8 Å². The first-order valence-electron chi connectivity index (χ1n) is 9.82. The van der Waals surface area contributed by atoms with Crippen molar-refractivity contribution in [3.8, 4) is 5.88 Å². The van der Waals surface area contributed by atoms with Gasteiger partial charge in [-0.1, -0.05) is 11.6 Å². The van der Waals surface area contributed by atoms with E-state index in [4.69, 9.17) is 21.1 Å². The van der Waals surface area contributed by atoms with Crippen LogP contribution >= 0.6 is 11.6 Å². The molecule has 0 aliphatic heterocycles. The van der Waals surface area contributed by atoms with Crippen LogP contribution in [0.3, 0.4) is 0 Å². The van der Waals surface area contributed by atoms with E-state index in [2.05, 4.69) is 20.6 Å². The lowest BCUT2D eigenvalue weighted by atomic mass is 10.2. The van der Waals surface area contributed by atoms with Crippen molar-refractivity contribution in [2.24, 2.45) is 5.92 Å². The minimum absolute atomic E-state index is 0.0818. The molecule has 30 heavy (non-hydrogen) atoms. The van der Waals surface area contributed by atoms with Gasteiger partial charge in [-0.2, -0.15) is 0 Å². The molecule has 1 atom stereocenters. The number of amides is 1. The summed E-state index contributed by atoms with van der Waals surface area (Å²) < 4.78 is 12.0. The van der Waals surface area contributed by atoms with Gasteiger partial charge in [-0.05, 0) is 45.6 Å². The molecule has 1 unspecified atom stereocenters. The highest BCUT2D eigenvalue weighted by molar-refractivity contribution is 6.29. The smallest absolute Gasteiger partial charge is 0.407 e. The number of hydrogen-bond donors (Lipinski definition) is 2. The Hall–Kier alpha value is -2.81. The van der Waals surface area contributed by atoms with Crippen molar-refractivity contribution in [3.63, 3.8) is 0 Å². The number of carbonyl (C=O) groups is 1. The van der Waals surface area contributed by atoms with Crippen LogP contribution in [0.5, 0.6) is 5.88 Å². The van der Waals surface area contributed by atoms with Gasteiger partial charge < -0.3 is 24.7 Å². The number of aryl methyl sites for hydroxylation is 2. The number of halogens is 1. The van der Waals surface area contributed by atoms with Gasteiger partial charge >= 0.3 is 6.09 Å². The van der Waals surface area contributed by atoms with Crippen LogP contribution < -0.4 is 20.9 Å². The van der Waals surface area contributed by atoms with E-state index < -0.39 is 6.09 Å².